The summed E-state index contributed by atoms with van der Waals surface area (Å²) in [7, 11) is 4.18. The van der Waals surface area contributed by atoms with E-state index in [1.807, 2.05) is 0 Å². The summed E-state index contributed by atoms with van der Waals surface area (Å²) in [5.41, 5.74) is 4.82. The first-order chi connectivity index (χ1) is 8.06. The Morgan fingerprint density at radius 2 is 1.79 bits per heavy atom. The number of nitrogens with one attached hydrogen (secondary N) is 1. The molecule has 0 aliphatic heterocycles. The van der Waals surface area contributed by atoms with Crippen molar-refractivity contribution in [2.75, 3.05) is 26.4 Å². The van der Waals surface area contributed by atoms with E-state index in [1.54, 1.807) is 11.8 Å². The Hall–Kier alpha value is -0.420. The maximum Gasteiger partial charge on any atom is 0.166 e. The van der Waals surface area contributed by atoms with Crippen LogP contribution in [-0.2, 0) is 0 Å². The van der Waals surface area contributed by atoms with Gasteiger partial charge in [0.15, 0.2) is 5.16 Å². The molecule has 0 saturated heterocycles. The van der Waals surface area contributed by atoms with Crippen LogP contribution in [0.3, 0.4) is 0 Å². The van der Waals surface area contributed by atoms with Gasteiger partial charge in [0, 0.05) is 12.3 Å². The van der Waals surface area contributed by atoms with Gasteiger partial charge in [-0.15, -0.1) is 24.8 Å². The smallest absolute Gasteiger partial charge is 0.166 e. The lowest BCUT2D eigenvalue weighted by atomic mass is 10.1. The Bertz CT molecular complexity index is 487. The molecule has 0 aliphatic carbocycles. The zero-order chi connectivity index (χ0) is 12.4. The molecule has 0 bridgehead atoms. The molecule has 2 rings (SSSR count). The van der Waals surface area contributed by atoms with Gasteiger partial charge in [-0.2, -0.15) is 0 Å². The van der Waals surface area contributed by atoms with Crippen LogP contribution in [0.4, 0.5) is 0 Å². The summed E-state index contributed by atoms with van der Waals surface area (Å²) in [6.07, 6.45) is 0. The van der Waals surface area contributed by atoms with Crippen LogP contribution >= 0.6 is 36.6 Å². The first-order valence-corrected chi connectivity index (χ1v) is 6.79. The van der Waals surface area contributed by atoms with E-state index in [0.717, 1.165) is 28.5 Å². The highest BCUT2D eigenvalue weighted by Crippen LogP contribution is 2.22. The number of aromatic nitrogens is 2. The van der Waals surface area contributed by atoms with Gasteiger partial charge >= 0.3 is 0 Å². The average Bonchev–Trinajstić information content (AvgIpc) is 2.60. The summed E-state index contributed by atoms with van der Waals surface area (Å²) in [5.74, 6) is 1.06. The molecule has 1 aromatic carbocycles. The third-order valence-corrected chi connectivity index (χ3v) is 3.71. The van der Waals surface area contributed by atoms with E-state index in [2.05, 4.69) is 54.9 Å². The van der Waals surface area contributed by atoms with Crippen LogP contribution in [0.25, 0.3) is 11.0 Å². The molecular formula is C13H21Cl2N3S. The maximum atomic E-state index is 4.60. The fraction of sp³-hybridized carbons (Fsp3) is 0.462. The zero-order valence-electron chi connectivity index (χ0n) is 11.7. The molecule has 0 spiro atoms. The van der Waals surface area contributed by atoms with Gasteiger partial charge < -0.3 is 9.88 Å². The summed E-state index contributed by atoms with van der Waals surface area (Å²) < 4.78 is 0. The second kappa shape index (κ2) is 8.00. The molecule has 3 nitrogen and oxygen atoms in total. The van der Waals surface area contributed by atoms with Crippen molar-refractivity contribution in [2.24, 2.45) is 0 Å². The number of hydrogen-bond acceptors (Lipinski definition) is 3. The Balaban J connectivity index is 0.00000162. The largest absolute Gasteiger partial charge is 0.333 e. The summed E-state index contributed by atoms with van der Waals surface area (Å²) >= 11 is 1.78. The van der Waals surface area contributed by atoms with E-state index in [9.17, 15) is 0 Å². The highest BCUT2D eigenvalue weighted by molar-refractivity contribution is 7.99. The Morgan fingerprint density at radius 3 is 2.42 bits per heavy atom. The predicted octanol–water partition coefficient (Wildman–Crippen LogP) is 3.68. The SMILES string of the molecule is Cc1cc2nc(SCCN(C)C)[nH]c2cc1C.Cl.Cl. The number of rotatable bonds is 4. The van der Waals surface area contributed by atoms with Gasteiger partial charge in [0.2, 0.25) is 0 Å². The highest BCUT2D eigenvalue weighted by atomic mass is 35.5. The second-order valence-electron chi connectivity index (χ2n) is 4.65. The summed E-state index contributed by atoms with van der Waals surface area (Å²) in [5, 5.41) is 1.02. The first kappa shape index (κ1) is 18.6. The van der Waals surface area contributed by atoms with E-state index < -0.39 is 0 Å². The van der Waals surface area contributed by atoms with E-state index in [4.69, 9.17) is 0 Å². The predicted molar refractivity (Wildman–Crippen MR) is 89.3 cm³/mol. The lowest BCUT2D eigenvalue weighted by molar-refractivity contribution is 0.437. The molecule has 0 atom stereocenters. The normalized spacial score (nSPS) is 10.4. The quantitative estimate of drug-likeness (QED) is 0.872. The number of aryl methyl sites for hydroxylation is 2. The number of benzene rings is 1. The molecule has 0 fully saturated rings. The van der Waals surface area contributed by atoms with Crippen molar-refractivity contribution in [3.8, 4) is 0 Å². The van der Waals surface area contributed by atoms with E-state index in [-0.39, 0.29) is 24.8 Å². The monoisotopic (exact) mass is 321 g/mol. The van der Waals surface area contributed by atoms with Gasteiger partial charge in [-0.25, -0.2) is 4.98 Å². The number of H-pyrrole nitrogens is 1. The zero-order valence-corrected chi connectivity index (χ0v) is 14.1. The average molecular weight is 322 g/mol. The molecule has 0 saturated carbocycles. The van der Waals surface area contributed by atoms with Crippen molar-refractivity contribution in [2.45, 2.75) is 19.0 Å². The first-order valence-electron chi connectivity index (χ1n) is 5.81. The van der Waals surface area contributed by atoms with Crippen molar-refractivity contribution in [3.63, 3.8) is 0 Å². The van der Waals surface area contributed by atoms with Crippen LogP contribution in [0.2, 0.25) is 0 Å². The van der Waals surface area contributed by atoms with Gasteiger partial charge in [-0.05, 0) is 51.2 Å². The second-order valence-corrected chi connectivity index (χ2v) is 5.73. The number of halogens is 2. The van der Waals surface area contributed by atoms with E-state index >= 15 is 0 Å². The molecule has 0 unspecified atom stereocenters. The van der Waals surface area contributed by atoms with Crippen molar-refractivity contribution in [1.29, 1.82) is 0 Å². The van der Waals surface area contributed by atoms with Crippen LogP contribution < -0.4 is 0 Å². The van der Waals surface area contributed by atoms with Gasteiger partial charge in [-0.3, -0.25) is 0 Å². The number of nitrogens with zero attached hydrogens (tertiary/aromatic N) is 2. The molecule has 6 heteroatoms. The van der Waals surface area contributed by atoms with Gasteiger partial charge in [0.1, 0.15) is 0 Å². The lowest BCUT2D eigenvalue weighted by Gasteiger charge is -2.06. The third kappa shape index (κ3) is 4.88. The Kier molecular flexibility index (Phi) is 7.82. The summed E-state index contributed by atoms with van der Waals surface area (Å²) in [6, 6.07) is 4.32. The molecule has 19 heavy (non-hydrogen) atoms. The van der Waals surface area contributed by atoms with Crippen LogP contribution in [0, 0.1) is 13.8 Å². The minimum absolute atomic E-state index is 0. The fourth-order valence-corrected chi connectivity index (χ4v) is 2.63. The highest BCUT2D eigenvalue weighted by Gasteiger charge is 2.05. The number of fused-ring (bicyclic) bond motifs is 1. The molecule has 2 aromatic rings. The van der Waals surface area contributed by atoms with Crippen LogP contribution in [0.1, 0.15) is 11.1 Å². The molecule has 108 valence electrons. The van der Waals surface area contributed by atoms with Crippen LogP contribution in [0.15, 0.2) is 17.3 Å². The molecule has 0 aliphatic rings. The molecule has 1 heterocycles. The molecular weight excluding hydrogens is 301 g/mol. The standard InChI is InChI=1S/C13H19N3S.2ClH/c1-9-7-11-12(8-10(9)2)15-13(14-11)17-6-5-16(3)4;;/h7-8H,5-6H2,1-4H3,(H,14,15);2*1H. The third-order valence-electron chi connectivity index (χ3n) is 2.85. The molecule has 0 amide bonds. The lowest BCUT2D eigenvalue weighted by Crippen LogP contribution is -2.14. The van der Waals surface area contributed by atoms with Crippen molar-refractivity contribution >= 4 is 47.6 Å². The minimum Gasteiger partial charge on any atom is -0.333 e. The molecule has 1 aromatic heterocycles. The van der Waals surface area contributed by atoms with E-state index in [1.165, 1.54) is 11.1 Å². The number of aromatic amines is 1. The Labute approximate surface area is 131 Å². The minimum atomic E-state index is 0. The van der Waals surface area contributed by atoms with Crippen LogP contribution in [-0.4, -0.2) is 41.3 Å². The van der Waals surface area contributed by atoms with Gasteiger partial charge in [0.05, 0.1) is 11.0 Å². The fourth-order valence-electron chi connectivity index (χ4n) is 1.64. The number of hydrogen-bond donors (Lipinski definition) is 1. The van der Waals surface area contributed by atoms with Crippen molar-refractivity contribution < 1.29 is 0 Å². The topological polar surface area (TPSA) is 31.9 Å². The van der Waals surface area contributed by atoms with Gasteiger partial charge in [0.25, 0.3) is 0 Å². The number of imidazole rings is 1. The number of thioether (sulfide) groups is 1. The van der Waals surface area contributed by atoms with Crippen molar-refractivity contribution in [3.05, 3.63) is 23.3 Å². The van der Waals surface area contributed by atoms with Crippen LogP contribution in [0.5, 0.6) is 0 Å². The van der Waals surface area contributed by atoms with Crippen molar-refractivity contribution in [1.82, 2.24) is 14.9 Å². The maximum absolute atomic E-state index is 4.60. The Morgan fingerprint density at radius 1 is 1.16 bits per heavy atom. The summed E-state index contributed by atoms with van der Waals surface area (Å²) in [4.78, 5) is 10.2. The van der Waals surface area contributed by atoms with E-state index in [0.29, 0.717) is 0 Å². The molecule has 1 N–H and O–H groups in total. The van der Waals surface area contributed by atoms with Gasteiger partial charge in [-0.1, -0.05) is 11.8 Å². The summed E-state index contributed by atoms with van der Waals surface area (Å²) in [6.45, 7) is 5.33. The molecule has 0 radical (unpaired) electrons.